The Kier molecular flexibility index (Phi) is 5.98. The molecule has 0 radical (unpaired) electrons. The van der Waals surface area contributed by atoms with Gasteiger partial charge in [-0.25, -0.2) is 22.8 Å². The number of nitrogens with zero attached hydrogens (tertiary/aromatic N) is 6. The molecule has 3 heterocycles. The smallest absolute Gasteiger partial charge is 0.261 e. The van der Waals surface area contributed by atoms with Gasteiger partial charge in [0.25, 0.3) is 10.0 Å². The number of hydrogen-bond donors (Lipinski definition) is 1. The Morgan fingerprint density at radius 1 is 0.917 bits per heavy atom. The van der Waals surface area contributed by atoms with E-state index in [0.29, 0.717) is 29.0 Å². The Bertz CT molecular complexity index is 1610. The standard InChI is InChI=1S/C25H23N7O3S/c1-17-15-18(2)32(29-17)24-16-25(28-19(3)27-24)35-22-9-5-20(6-10-22)30-36(33,34)23-11-7-21(8-12-23)31-14-4-13-26-31/h4-16,30H,1-3H3. The lowest BCUT2D eigenvalue weighted by Crippen LogP contribution is -2.13. The lowest BCUT2D eigenvalue weighted by atomic mass is 10.3. The average molecular weight is 502 g/mol. The molecular formula is C25H23N7O3S. The monoisotopic (exact) mass is 501 g/mol. The molecule has 36 heavy (non-hydrogen) atoms. The third-order valence-corrected chi connectivity index (χ3v) is 6.67. The van der Waals surface area contributed by atoms with Gasteiger partial charge in [-0.3, -0.25) is 4.72 Å². The third kappa shape index (κ3) is 4.96. The molecule has 5 aromatic rings. The highest BCUT2D eigenvalue weighted by molar-refractivity contribution is 7.92. The number of anilines is 1. The van der Waals surface area contributed by atoms with Crippen LogP contribution in [0.3, 0.4) is 0 Å². The maximum absolute atomic E-state index is 12.8. The van der Waals surface area contributed by atoms with Crippen LogP contribution in [-0.4, -0.2) is 37.9 Å². The van der Waals surface area contributed by atoms with Gasteiger partial charge in [-0.05, 0) is 81.4 Å². The highest BCUT2D eigenvalue weighted by Crippen LogP contribution is 2.25. The van der Waals surface area contributed by atoms with Crippen LogP contribution in [0.1, 0.15) is 17.2 Å². The van der Waals surface area contributed by atoms with Gasteiger partial charge in [0, 0.05) is 29.8 Å². The zero-order valence-electron chi connectivity index (χ0n) is 19.8. The molecule has 0 saturated heterocycles. The second kappa shape index (κ2) is 9.27. The molecule has 0 aliphatic heterocycles. The van der Waals surface area contributed by atoms with E-state index in [1.807, 2.05) is 19.9 Å². The summed E-state index contributed by atoms with van der Waals surface area (Å²) >= 11 is 0. The van der Waals surface area contributed by atoms with Gasteiger partial charge in [0.05, 0.1) is 16.3 Å². The number of hydrogen-bond acceptors (Lipinski definition) is 7. The van der Waals surface area contributed by atoms with E-state index in [-0.39, 0.29) is 4.90 Å². The summed E-state index contributed by atoms with van der Waals surface area (Å²) in [4.78, 5) is 8.94. The van der Waals surface area contributed by atoms with Crippen LogP contribution in [0.5, 0.6) is 11.6 Å². The first-order valence-electron chi connectivity index (χ1n) is 11.1. The maximum Gasteiger partial charge on any atom is 0.261 e. The lowest BCUT2D eigenvalue weighted by molar-refractivity contribution is 0.459. The van der Waals surface area contributed by atoms with E-state index in [1.165, 1.54) is 12.1 Å². The summed E-state index contributed by atoms with van der Waals surface area (Å²) < 4.78 is 37.5. The molecule has 0 spiro atoms. The zero-order valence-corrected chi connectivity index (χ0v) is 20.6. The first kappa shape index (κ1) is 23.2. The zero-order chi connectivity index (χ0) is 25.3. The summed E-state index contributed by atoms with van der Waals surface area (Å²) in [6.07, 6.45) is 3.44. The van der Waals surface area contributed by atoms with Crippen molar-refractivity contribution < 1.29 is 13.2 Å². The van der Waals surface area contributed by atoms with E-state index >= 15 is 0 Å². The predicted octanol–water partition coefficient (Wildman–Crippen LogP) is 4.37. The predicted molar refractivity (Wildman–Crippen MR) is 134 cm³/mol. The first-order chi connectivity index (χ1) is 17.3. The van der Waals surface area contributed by atoms with E-state index in [1.54, 1.807) is 77.2 Å². The number of rotatable bonds is 7. The molecule has 10 nitrogen and oxygen atoms in total. The Hall–Kier alpha value is -4.51. The van der Waals surface area contributed by atoms with Gasteiger partial charge in [-0.1, -0.05) is 0 Å². The number of aromatic nitrogens is 6. The van der Waals surface area contributed by atoms with Crippen LogP contribution in [-0.2, 0) is 10.0 Å². The summed E-state index contributed by atoms with van der Waals surface area (Å²) in [5.41, 5.74) is 3.00. The molecule has 0 atom stereocenters. The van der Waals surface area contributed by atoms with Crippen molar-refractivity contribution in [2.75, 3.05) is 4.72 Å². The van der Waals surface area contributed by atoms with Crippen molar-refractivity contribution >= 4 is 15.7 Å². The number of nitrogens with one attached hydrogen (secondary N) is 1. The highest BCUT2D eigenvalue weighted by atomic mass is 32.2. The minimum Gasteiger partial charge on any atom is -0.439 e. The van der Waals surface area contributed by atoms with Crippen molar-refractivity contribution in [3.05, 3.63) is 96.3 Å². The fourth-order valence-electron chi connectivity index (χ4n) is 3.67. The average Bonchev–Trinajstić information content (AvgIpc) is 3.49. The number of benzene rings is 2. The van der Waals surface area contributed by atoms with E-state index in [2.05, 4.69) is 24.9 Å². The van der Waals surface area contributed by atoms with Crippen molar-refractivity contribution in [2.24, 2.45) is 0 Å². The van der Waals surface area contributed by atoms with Crippen LogP contribution in [0, 0.1) is 20.8 Å². The van der Waals surface area contributed by atoms with Gasteiger partial charge in [0.1, 0.15) is 11.6 Å². The normalized spacial score (nSPS) is 11.4. The van der Waals surface area contributed by atoms with E-state index in [9.17, 15) is 8.42 Å². The molecule has 0 saturated carbocycles. The Morgan fingerprint density at radius 3 is 2.31 bits per heavy atom. The Labute approximate surface area is 208 Å². The number of sulfonamides is 1. The van der Waals surface area contributed by atoms with Crippen molar-refractivity contribution in [3.63, 3.8) is 0 Å². The van der Waals surface area contributed by atoms with Crippen molar-refractivity contribution in [1.82, 2.24) is 29.5 Å². The Balaban J connectivity index is 1.30. The minimum atomic E-state index is -3.77. The molecule has 0 aliphatic carbocycles. The van der Waals surface area contributed by atoms with Gasteiger partial charge < -0.3 is 4.74 Å². The molecule has 3 aromatic heterocycles. The van der Waals surface area contributed by atoms with Crippen molar-refractivity contribution in [1.29, 1.82) is 0 Å². The summed E-state index contributed by atoms with van der Waals surface area (Å²) in [6, 6.07) is 18.5. The summed E-state index contributed by atoms with van der Waals surface area (Å²) in [6.45, 7) is 5.65. The summed E-state index contributed by atoms with van der Waals surface area (Å²) in [5.74, 6) is 2.00. The van der Waals surface area contributed by atoms with Crippen molar-refractivity contribution in [3.8, 4) is 23.1 Å². The Morgan fingerprint density at radius 2 is 1.67 bits per heavy atom. The third-order valence-electron chi connectivity index (χ3n) is 5.27. The highest BCUT2D eigenvalue weighted by Gasteiger charge is 2.15. The topological polar surface area (TPSA) is 117 Å². The van der Waals surface area contributed by atoms with Crippen LogP contribution >= 0.6 is 0 Å². The molecular weight excluding hydrogens is 478 g/mol. The lowest BCUT2D eigenvalue weighted by Gasteiger charge is -2.11. The molecule has 1 N–H and O–H groups in total. The molecule has 0 fully saturated rings. The van der Waals surface area contributed by atoms with Gasteiger partial charge >= 0.3 is 0 Å². The molecule has 5 rings (SSSR count). The second-order valence-electron chi connectivity index (χ2n) is 8.13. The number of ether oxygens (including phenoxy) is 1. The maximum atomic E-state index is 12.8. The van der Waals surface area contributed by atoms with Gasteiger partial charge in [-0.2, -0.15) is 15.2 Å². The molecule has 11 heteroatoms. The minimum absolute atomic E-state index is 0.145. The molecule has 182 valence electrons. The quantitative estimate of drug-likeness (QED) is 0.352. The van der Waals surface area contributed by atoms with Crippen LogP contribution in [0.4, 0.5) is 5.69 Å². The molecule has 2 aromatic carbocycles. The number of aryl methyl sites for hydroxylation is 3. The van der Waals surface area contributed by atoms with Crippen molar-refractivity contribution in [2.45, 2.75) is 25.7 Å². The van der Waals surface area contributed by atoms with Gasteiger partial charge in [0.15, 0.2) is 5.82 Å². The second-order valence-corrected chi connectivity index (χ2v) is 9.81. The van der Waals surface area contributed by atoms with Crippen LogP contribution in [0.15, 0.2) is 84.0 Å². The summed E-state index contributed by atoms with van der Waals surface area (Å²) in [7, 11) is -3.77. The largest absolute Gasteiger partial charge is 0.439 e. The van der Waals surface area contributed by atoms with E-state index < -0.39 is 10.0 Å². The fraction of sp³-hybridized carbons (Fsp3) is 0.120. The van der Waals surface area contributed by atoms with E-state index in [0.717, 1.165) is 17.1 Å². The van der Waals surface area contributed by atoms with Crippen LogP contribution in [0.2, 0.25) is 0 Å². The summed E-state index contributed by atoms with van der Waals surface area (Å²) in [5, 5.41) is 8.60. The van der Waals surface area contributed by atoms with Crippen LogP contribution < -0.4 is 9.46 Å². The fourth-order valence-corrected chi connectivity index (χ4v) is 4.73. The van der Waals surface area contributed by atoms with E-state index in [4.69, 9.17) is 4.74 Å². The van der Waals surface area contributed by atoms with Gasteiger partial charge in [0.2, 0.25) is 5.88 Å². The first-order valence-corrected chi connectivity index (χ1v) is 12.6. The van der Waals surface area contributed by atoms with Crippen LogP contribution in [0.25, 0.3) is 11.5 Å². The van der Waals surface area contributed by atoms with Gasteiger partial charge in [-0.15, -0.1) is 0 Å². The molecule has 0 unspecified atom stereocenters. The SMILES string of the molecule is Cc1cc(C)n(-c2cc(Oc3ccc(NS(=O)(=O)c4ccc(-n5cccn5)cc4)cc3)nc(C)n2)n1. The molecule has 0 bridgehead atoms. The molecule has 0 amide bonds. The molecule has 0 aliphatic rings.